The van der Waals surface area contributed by atoms with E-state index >= 15 is 0 Å². The molecule has 1 spiro atoms. The summed E-state index contributed by atoms with van der Waals surface area (Å²) in [5.74, 6) is 0.809. The first kappa shape index (κ1) is 22.0. The minimum absolute atomic E-state index is 0.0630. The van der Waals surface area contributed by atoms with Gasteiger partial charge < -0.3 is 4.90 Å². The van der Waals surface area contributed by atoms with Crippen molar-refractivity contribution in [3.8, 4) is 17.2 Å². The summed E-state index contributed by atoms with van der Waals surface area (Å²) in [4.78, 5) is 34.5. The number of carbonyl (C=O) groups excluding carboxylic acids is 2. The molecule has 2 heterocycles. The highest BCUT2D eigenvalue weighted by Gasteiger charge is 2.58. The van der Waals surface area contributed by atoms with Crippen molar-refractivity contribution < 1.29 is 14.0 Å². The molecule has 0 bridgehead atoms. The number of aliphatic imine (C=N–C) groups is 1. The van der Waals surface area contributed by atoms with Gasteiger partial charge in [-0.15, -0.1) is 0 Å². The summed E-state index contributed by atoms with van der Waals surface area (Å²) in [6.45, 7) is 5.92. The van der Waals surface area contributed by atoms with Gasteiger partial charge in [0.1, 0.15) is 17.2 Å². The SMILES string of the molecule is Cc1cc(-c2ccc(C#N)cc2F)ccc1C1=NC2(CC2)C(=O)N1CC1CN(C(=O)C2(C)CC2)C1. The third-order valence-corrected chi connectivity index (χ3v) is 8.02. The van der Waals surface area contributed by atoms with Crippen molar-refractivity contribution in [2.75, 3.05) is 19.6 Å². The number of aryl methyl sites for hydroxylation is 1. The maximum atomic E-state index is 14.6. The molecule has 6 rings (SSSR count). The van der Waals surface area contributed by atoms with E-state index in [9.17, 15) is 14.0 Å². The first-order valence-electron chi connectivity index (χ1n) is 12.3. The lowest BCUT2D eigenvalue weighted by molar-refractivity contribution is -0.143. The fraction of sp³-hybridized carbons (Fsp3) is 0.429. The van der Waals surface area contributed by atoms with Crippen molar-refractivity contribution in [1.82, 2.24) is 9.80 Å². The fourth-order valence-electron chi connectivity index (χ4n) is 5.27. The number of nitrogens with zero attached hydrogens (tertiary/aromatic N) is 4. The number of benzene rings is 2. The Labute approximate surface area is 204 Å². The molecular weight excluding hydrogens is 443 g/mol. The third kappa shape index (κ3) is 3.54. The van der Waals surface area contributed by atoms with Gasteiger partial charge in [0, 0.05) is 42.1 Å². The molecule has 2 aliphatic carbocycles. The molecular formula is C28H27FN4O2. The smallest absolute Gasteiger partial charge is 0.256 e. The van der Waals surface area contributed by atoms with Gasteiger partial charge in [-0.1, -0.05) is 31.2 Å². The van der Waals surface area contributed by atoms with Gasteiger partial charge in [-0.05, 0) is 55.9 Å². The summed E-state index contributed by atoms with van der Waals surface area (Å²) < 4.78 is 14.6. The van der Waals surface area contributed by atoms with Crippen molar-refractivity contribution in [3.05, 3.63) is 58.9 Å². The highest BCUT2D eigenvalue weighted by molar-refractivity contribution is 6.17. The quantitative estimate of drug-likeness (QED) is 0.662. The van der Waals surface area contributed by atoms with Crippen LogP contribution in [0, 0.1) is 35.4 Å². The number of hydrogen-bond acceptors (Lipinski definition) is 4. The number of nitriles is 1. The van der Waals surface area contributed by atoms with Crippen LogP contribution in [0.1, 0.15) is 49.3 Å². The van der Waals surface area contributed by atoms with E-state index in [1.54, 1.807) is 12.1 Å². The van der Waals surface area contributed by atoms with Crippen molar-refractivity contribution in [2.45, 2.75) is 45.1 Å². The van der Waals surface area contributed by atoms with Gasteiger partial charge in [0.05, 0.1) is 11.6 Å². The van der Waals surface area contributed by atoms with Crippen molar-refractivity contribution >= 4 is 17.6 Å². The van der Waals surface area contributed by atoms with E-state index in [1.165, 1.54) is 6.07 Å². The van der Waals surface area contributed by atoms with Crippen LogP contribution in [0.2, 0.25) is 0 Å². The zero-order chi connectivity index (χ0) is 24.5. The highest BCUT2D eigenvalue weighted by atomic mass is 19.1. The number of likely N-dealkylation sites (tertiary alicyclic amines) is 1. The monoisotopic (exact) mass is 470 g/mol. The van der Waals surface area contributed by atoms with Crippen LogP contribution in [0.5, 0.6) is 0 Å². The summed E-state index contributed by atoms with van der Waals surface area (Å²) in [5, 5.41) is 9.00. The average Bonchev–Trinajstić information content (AvgIpc) is 3.73. The molecule has 7 heteroatoms. The van der Waals surface area contributed by atoms with E-state index in [2.05, 4.69) is 0 Å². The zero-order valence-corrected chi connectivity index (χ0v) is 20.0. The normalized spacial score (nSPS) is 21.5. The van der Waals surface area contributed by atoms with Crippen LogP contribution in [-0.4, -0.2) is 52.6 Å². The molecule has 35 heavy (non-hydrogen) atoms. The number of halogens is 1. The molecule has 2 amide bonds. The van der Waals surface area contributed by atoms with Gasteiger partial charge in [0.2, 0.25) is 5.91 Å². The molecule has 1 saturated heterocycles. The van der Waals surface area contributed by atoms with E-state index in [-0.39, 0.29) is 28.7 Å². The maximum absolute atomic E-state index is 14.6. The Hall–Kier alpha value is -3.53. The van der Waals surface area contributed by atoms with Crippen LogP contribution in [0.4, 0.5) is 4.39 Å². The van der Waals surface area contributed by atoms with Crippen LogP contribution in [-0.2, 0) is 9.59 Å². The number of carbonyl (C=O) groups is 2. The third-order valence-electron chi connectivity index (χ3n) is 8.02. The number of rotatable bonds is 5. The Balaban J connectivity index is 1.23. The van der Waals surface area contributed by atoms with Gasteiger partial charge in [0.15, 0.2) is 0 Å². The van der Waals surface area contributed by atoms with Crippen molar-refractivity contribution in [1.29, 1.82) is 5.26 Å². The Bertz CT molecular complexity index is 1340. The van der Waals surface area contributed by atoms with Crippen LogP contribution < -0.4 is 0 Å². The Morgan fingerprint density at radius 2 is 1.86 bits per heavy atom. The van der Waals surface area contributed by atoms with Gasteiger partial charge in [-0.25, -0.2) is 4.39 Å². The predicted molar refractivity (Wildman–Crippen MR) is 129 cm³/mol. The molecule has 2 aliphatic heterocycles. The van der Waals surface area contributed by atoms with E-state index in [1.807, 2.05) is 47.9 Å². The maximum Gasteiger partial charge on any atom is 0.256 e. The van der Waals surface area contributed by atoms with E-state index in [4.69, 9.17) is 10.3 Å². The molecule has 3 fully saturated rings. The van der Waals surface area contributed by atoms with Crippen LogP contribution in [0.15, 0.2) is 41.4 Å². The minimum Gasteiger partial charge on any atom is -0.341 e. The second kappa shape index (κ2) is 7.48. The highest BCUT2D eigenvalue weighted by Crippen LogP contribution is 2.48. The molecule has 6 nitrogen and oxygen atoms in total. The fourth-order valence-corrected chi connectivity index (χ4v) is 5.27. The number of hydrogen-bond donors (Lipinski definition) is 0. The second-order valence-electron chi connectivity index (χ2n) is 10.9. The molecule has 4 aliphatic rings. The topological polar surface area (TPSA) is 76.8 Å². The Morgan fingerprint density at radius 1 is 1.14 bits per heavy atom. The number of amides is 2. The standard InChI is InChI=1S/C28H27FN4O2/c1-17-11-20(22-5-3-18(13-30)12-23(22)29)4-6-21(17)24-31-28(9-10-28)26(35)33(24)16-19-14-32(15-19)25(34)27(2)7-8-27/h3-6,11-12,19H,7-10,14-16H2,1-2H3. The lowest BCUT2D eigenvalue weighted by Crippen LogP contribution is -2.56. The summed E-state index contributed by atoms with van der Waals surface area (Å²) >= 11 is 0. The van der Waals surface area contributed by atoms with Crippen LogP contribution >= 0.6 is 0 Å². The molecule has 0 aromatic heterocycles. The summed E-state index contributed by atoms with van der Waals surface area (Å²) in [6.07, 6.45) is 3.48. The summed E-state index contributed by atoms with van der Waals surface area (Å²) in [6, 6.07) is 12.1. The largest absolute Gasteiger partial charge is 0.341 e. The lowest BCUT2D eigenvalue weighted by atomic mass is 9.95. The predicted octanol–water partition coefficient (Wildman–Crippen LogP) is 4.05. The van der Waals surface area contributed by atoms with E-state index in [0.29, 0.717) is 36.6 Å². The first-order valence-corrected chi connectivity index (χ1v) is 12.3. The second-order valence-corrected chi connectivity index (χ2v) is 10.9. The molecule has 2 aromatic carbocycles. The van der Waals surface area contributed by atoms with Crippen LogP contribution in [0.25, 0.3) is 11.1 Å². The van der Waals surface area contributed by atoms with Gasteiger partial charge in [-0.2, -0.15) is 5.26 Å². The van der Waals surface area contributed by atoms with Crippen molar-refractivity contribution in [3.63, 3.8) is 0 Å². The van der Waals surface area contributed by atoms with Crippen LogP contribution in [0.3, 0.4) is 0 Å². The van der Waals surface area contributed by atoms with E-state index < -0.39 is 11.4 Å². The first-order chi connectivity index (χ1) is 16.7. The average molecular weight is 471 g/mol. The number of amidine groups is 1. The minimum atomic E-state index is -0.611. The van der Waals surface area contributed by atoms with Gasteiger partial charge >= 0.3 is 0 Å². The van der Waals surface area contributed by atoms with Crippen molar-refractivity contribution in [2.24, 2.45) is 16.3 Å². The Kier molecular flexibility index (Phi) is 4.70. The molecule has 0 atom stereocenters. The van der Waals surface area contributed by atoms with Gasteiger partial charge in [-0.3, -0.25) is 19.5 Å². The van der Waals surface area contributed by atoms with E-state index in [0.717, 1.165) is 36.8 Å². The molecule has 2 saturated carbocycles. The zero-order valence-electron chi connectivity index (χ0n) is 20.0. The molecule has 2 aromatic rings. The molecule has 0 N–H and O–H groups in total. The summed E-state index contributed by atoms with van der Waals surface area (Å²) in [5.41, 5.74) is 2.44. The molecule has 178 valence electrons. The Morgan fingerprint density at radius 3 is 2.46 bits per heavy atom. The molecule has 0 unspecified atom stereocenters. The van der Waals surface area contributed by atoms with Gasteiger partial charge in [0.25, 0.3) is 5.91 Å². The molecule has 0 radical (unpaired) electrons. The summed E-state index contributed by atoms with van der Waals surface area (Å²) in [7, 11) is 0. The lowest BCUT2D eigenvalue weighted by Gasteiger charge is -2.42.